The zero-order chi connectivity index (χ0) is 9.43. The standard InChI is InChI=1S/C12H9NO/c1-2-4-11-10(3-1)12(9-13-11)5-7-14-8-6-12/h1-9H. The monoisotopic (exact) mass is 183 g/mol. The topological polar surface area (TPSA) is 21.6 Å². The van der Waals surface area contributed by atoms with Gasteiger partial charge in [0.2, 0.25) is 0 Å². The molecule has 0 fully saturated rings. The van der Waals surface area contributed by atoms with Gasteiger partial charge in [0.1, 0.15) is 0 Å². The van der Waals surface area contributed by atoms with Gasteiger partial charge >= 0.3 is 0 Å². The van der Waals surface area contributed by atoms with Gasteiger partial charge in [-0.1, -0.05) is 18.2 Å². The van der Waals surface area contributed by atoms with Gasteiger partial charge in [0, 0.05) is 6.21 Å². The number of benzene rings is 1. The zero-order valence-corrected chi connectivity index (χ0v) is 7.55. The Morgan fingerprint density at radius 2 is 1.86 bits per heavy atom. The van der Waals surface area contributed by atoms with E-state index in [-0.39, 0.29) is 5.41 Å². The molecule has 1 aromatic carbocycles. The third kappa shape index (κ3) is 0.880. The molecule has 0 saturated carbocycles. The van der Waals surface area contributed by atoms with Gasteiger partial charge in [-0.3, -0.25) is 4.99 Å². The van der Waals surface area contributed by atoms with Crippen LogP contribution in [0.4, 0.5) is 5.69 Å². The minimum absolute atomic E-state index is 0.172. The lowest BCUT2D eigenvalue weighted by Crippen LogP contribution is -2.21. The van der Waals surface area contributed by atoms with E-state index in [1.807, 2.05) is 36.6 Å². The van der Waals surface area contributed by atoms with Crippen molar-refractivity contribution in [1.82, 2.24) is 0 Å². The minimum atomic E-state index is -0.172. The maximum Gasteiger partial charge on any atom is 0.0877 e. The van der Waals surface area contributed by atoms with E-state index >= 15 is 0 Å². The second-order valence-corrected chi connectivity index (χ2v) is 3.45. The van der Waals surface area contributed by atoms with Crippen molar-refractivity contribution in [3.8, 4) is 0 Å². The molecule has 2 heterocycles. The lowest BCUT2D eigenvalue weighted by Gasteiger charge is -2.21. The molecule has 1 spiro atoms. The quantitative estimate of drug-likeness (QED) is 0.606. The maximum absolute atomic E-state index is 5.05. The molecule has 2 aliphatic rings. The molecule has 0 unspecified atom stereocenters. The van der Waals surface area contributed by atoms with E-state index in [2.05, 4.69) is 11.1 Å². The van der Waals surface area contributed by atoms with Crippen molar-refractivity contribution in [2.45, 2.75) is 5.41 Å². The largest absolute Gasteiger partial charge is 0.473 e. The molecule has 0 radical (unpaired) electrons. The van der Waals surface area contributed by atoms with Crippen LogP contribution in [0, 0.1) is 0 Å². The molecule has 0 amide bonds. The van der Waals surface area contributed by atoms with Gasteiger partial charge in [-0.25, -0.2) is 0 Å². The van der Waals surface area contributed by atoms with Crippen LogP contribution in [0.25, 0.3) is 0 Å². The van der Waals surface area contributed by atoms with Crippen LogP contribution in [0.1, 0.15) is 5.56 Å². The van der Waals surface area contributed by atoms with Crippen LogP contribution >= 0.6 is 0 Å². The summed E-state index contributed by atoms with van der Waals surface area (Å²) in [7, 11) is 0. The van der Waals surface area contributed by atoms with Gasteiger partial charge in [-0.05, 0) is 23.8 Å². The molecule has 3 rings (SSSR count). The number of aliphatic imine (C=N–C) groups is 1. The van der Waals surface area contributed by atoms with Crippen LogP contribution < -0.4 is 0 Å². The number of fused-ring (bicyclic) bond motifs is 2. The summed E-state index contributed by atoms with van der Waals surface area (Å²) in [4.78, 5) is 4.39. The number of rotatable bonds is 0. The summed E-state index contributed by atoms with van der Waals surface area (Å²) in [6.07, 6.45) is 9.39. The predicted octanol–water partition coefficient (Wildman–Crippen LogP) is 2.70. The maximum atomic E-state index is 5.05. The van der Waals surface area contributed by atoms with Gasteiger partial charge in [0.25, 0.3) is 0 Å². The average molecular weight is 183 g/mol. The van der Waals surface area contributed by atoms with E-state index in [0.717, 1.165) is 5.69 Å². The van der Waals surface area contributed by atoms with Crippen molar-refractivity contribution in [2.75, 3.05) is 0 Å². The van der Waals surface area contributed by atoms with Crippen LogP contribution in [-0.2, 0) is 10.2 Å². The van der Waals surface area contributed by atoms with Crippen molar-refractivity contribution in [1.29, 1.82) is 0 Å². The van der Waals surface area contributed by atoms with Crippen molar-refractivity contribution in [3.05, 3.63) is 54.5 Å². The Balaban J connectivity index is 2.21. The molecule has 2 aliphatic heterocycles. The Morgan fingerprint density at radius 3 is 2.71 bits per heavy atom. The van der Waals surface area contributed by atoms with E-state index in [9.17, 15) is 0 Å². The molecular formula is C12H9NO. The van der Waals surface area contributed by atoms with E-state index in [1.165, 1.54) is 5.56 Å². The fraction of sp³-hybridized carbons (Fsp3) is 0.0833. The van der Waals surface area contributed by atoms with Crippen molar-refractivity contribution >= 4 is 11.9 Å². The van der Waals surface area contributed by atoms with Crippen LogP contribution in [0.3, 0.4) is 0 Å². The van der Waals surface area contributed by atoms with E-state index < -0.39 is 0 Å². The van der Waals surface area contributed by atoms with Crippen molar-refractivity contribution in [3.63, 3.8) is 0 Å². The number of ether oxygens (including phenoxy) is 1. The van der Waals surface area contributed by atoms with E-state index in [0.29, 0.717) is 0 Å². The predicted molar refractivity (Wildman–Crippen MR) is 55.6 cm³/mol. The van der Waals surface area contributed by atoms with Crippen molar-refractivity contribution < 1.29 is 4.74 Å². The molecule has 2 heteroatoms. The highest BCUT2D eigenvalue weighted by Crippen LogP contribution is 2.39. The first-order valence-corrected chi connectivity index (χ1v) is 4.56. The summed E-state index contributed by atoms with van der Waals surface area (Å²) < 4.78 is 5.05. The molecule has 0 atom stereocenters. The molecule has 0 saturated heterocycles. The van der Waals surface area contributed by atoms with Crippen LogP contribution in [0.15, 0.2) is 53.9 Å². The number of nitrogens with zero attached hydrogens (tertiary/aromatic N) is 1. The number of hydrogen-bond donors (Lipinski definition) is 0. The second kappa shape index (κ2) is 2.58. The van der Waals surface area contributed by atoms with Gasteiger partial charge < -0.3 is 4.74 Å². The Hall–Kier alpha value is -1.83. The average Bonchev–Trinajstić information content (AvgIpc) is 2.60. The van der Waals surface area contributed by atoms with E-state index in [4.69, 9.17) is 4.74 Å². The van der Waals surface area contributed by atoms with Gasteiger partial charge in [0.05, 0.1) is 23.6 Å². The first-order chi connectivity index (χ1) is 6.91. The van der Waals surface area contributed by atoms with Crippen LogP contribution in [0.5, 0.6) is 0 Å². The minimum Gasteiger partial charge on any atom is -0.473 e. The molecule has 2 nitrogen and oxygen atoms in total. The second-order valence-electron chi connectivity index (χ2n) is 3.45. The third-order valence-electron chi connectivity index (χ3n) is 2.63. The lowest BCUT2D eigenvalue weighted by atomic mass is 9.82. The number of hydrogen-bond acceptors (Lipinski definition) is 2. The molecule has 0 N–H and O–H groups in total. The first-order valence-electron chi connectivity index (χ1n) is 4.56. The summed E-state index contributed by atoms with van der Waals surface area (Å²) in [6.45, 7) is 0. The van der Waals surface area contributed by atoms with Crippen LogP contribution in [0.2, 0.25) is 0 Å². The Labute approximate surface area is 82.2 Å². The smallest absolute Gasteiger partial charge is 0.0877 e. The Kier molecular flexibility index (Phi) is 1.39. The molecule has 0 aromatic heterocycles. The molecule has 14 heavy (non-hydrogen) atoms. The summed E-state index contributed by atoms with van der Waals surface area (Å²) >= 11 is 0. The van der Waals surface area contributed by atoms with E-state index in [1.54, 1.807) is 12.5 Å². The lowest BCUT2D eigenvalue weighted by molar-refractivity contribution is 0.386. The fourth-order valence-electron chi connectivity index (χ4n) is 1.87. The van der Waals surface area contributed by atoms with Gasteiger partial charge in [-0.2, -0.15) is 0 Å². The zero-order valence-electron chi connectivity index (χ0n) is 7.55. The SMILES string of the molecule is C1=CC2(C=CO1)C=Nc1ccccc12. The molecule has 68 valence electrons. The van der Waals surface area contributed by atoms with Crippen molar-refractivity contribution in [2.24, 2.45) is 4.99 Å². The number of allylic oxidation sites excluding steroid dienone is 2. The van der Waals surface area contributed by atoms with Crippen LogP contribution in [-0.4, -0.2) is 6.21 Å². The fourth-order valence-corrected chi connectivity index (χ4v) is 1.87. The molecular weight excluding hydrogens is 174 g/mol. The number of para-hydroxylation sites is 1. The summed E-state index contributed by atoms with van der Waals surface area (Å²) in [5.41, 5.74) is 2.09. The molecule has 0 bridgehead atoms. The highest BCUT2D eigenvalue weighted by atomic mass is 16.5. The molecule has 0 aliphatic carbocycles. The summed E-state index contributed by atoms with van der Waals surface area (Å²) in [5, 5.41) is 0. The first kappa shape index (κ1) is 7.56. The molecule has 1 aromatic rings. The summed E-state index contributed by atoms with van der Waals surface area (Å²) in [6, 6.07) is 8.16. The van der Waals surface area contributed by atoms with Gasteiger partial charge in [-0.15, -0.1) is 0 Å². The Morgan fingerprint density at radius 1 is 1.07 bits per heavy atom. The highest BCUT2D eigenvalue weighted by Gasteiger charge is 2.32. The third-order valence-corrected chi connectivity index (χ3v) is 2.63. The summed E-state index contributed by atoms with van der Waals surface area (Å²) in [5.74, 6) is 0. The Bertz CT molecular complexity index is 445. The highest BCUT2D eigenvalue weighted by molar-refractivity contribution is 5.89. The normalized spacial score (nSPS) is 19.7. The van der Waals surface area contributed by atoms with Gasteiger partial charge in [0.15, 0.2) is 0 Å².